The summed E-state index contributed by atoms with van der Waals surface area (Å²) in [6.07, 6.45) is 8.39. The van der Waals surface area contributed by atoms with Crippen molar-refractivity contribution < 1.29 is 4.42 Å². The van der Waals surface area contributed by atoms with Crippen LogP contribution in [0.15, 0.2) is 46.3 Å². The molecular formula is C16H25N5O. The van der Waals surface area contributed by atoms with Crippen molar-refractivity contribution in [3.05, 3.63) is 42.6 Å². The first-order valence-corrected chi connectivity index (χ1v) is 7.90. The molecule has 120 valence electrons. The van der Waals surface area contributed by atoms with E-state index in [4.69, 9.17) is 4.42 Å². The number of hydrogen-bond donors (Lipinski definition) is 2. The maximum absolute atomic E-state index is 5.33. The van der Waals surface area contributed by atoms with Crippen molar-refractivity contribution >= 4 is 5.96 Å². The Balaban J connectivity index is 1.66. The molecular weight excluding hydrogens is 278 g/mol. The fraction of sp³-hybridized carbons (Fsp3) is 0.500. The molecule has 2 heterocycles. The maximum atomic E-state index is 5.33. The minimum Gasteiger partial charge on any atom is -0.469 e. The lowest BCUT2D eigenvalue weighted by molar-refractivity contribution is 0.506. The first-order valence-electron chi connectivity index (χ1n) is 7.90. The first kappa shape index (κ1) is 16.1. The molecule has 0 atom stereocenters. The van der Waals surface area contributed by atoms with Crippen LogP contribution in [0.5, 0.6) is 0 Å². The Labute approximate surface area is 131 Å². The van der Waals surface area contributed by atoms with E-state index in [2.05, 4.69) is 27.6 Å². The Morgan fingerprint density at radius 1 is 1.32 bits per heavy atom. The minimum atomic E-state index is 0.808. The summed E-state index contributed by atoms with van der Waals surface area (Å²) in [6.45, 7) is 5.54. The molecule has 0 saturated heterocycles. The van der Waals surface area contributed by atoms with Crippen molar-refractivity contribution in [1.82, 2.24) is 20.4 Å². The maximum Gasteiger partial charge on any atom is 0.191 e. The van der Waals surface area contributed by atoms with E-state index in [1.165, 1.54) is 0 Å². The van der Waals surface area contributed by atoms with Crippen LogP contribution in [0.4, 0.5) is 0 Å². The highest BCUT2D eigenvalue weighted by Gasteiger charge is 2.00. The standard InChI is InChI=1S/C16H25N5O/c1-2-8-17-16(19-11-7-15-6-3-14-22-15)18-9-4-12-21-13-5-10-20-21/h3,5-6,10,13-14H,2,4,7-9,11-12H2,1H3,(H2,17,18,19). The van der Waals surface area contributed by atoms with Crippen LogP contribution in [0.3, 0.4) is 0 Å². The number of guanidine groups is 1. The highest BCUT2D eigenvalue weighted by atomic mass is 16.3. The van der Waals surface area contributed by atoms with E-state index in [9.17, 15) is 0 Å². The van der Waals surface area contributed by atoms with E-state index in [1.54, 1.807) is 12.5 Å². The average Bonchev–Trinajstić information content (AvgIpc) is 3.21. The number of rotatable bonds is 9. The smallest absolute Gasteiger partial charge is 0.191 e. The molecule has 6 heteroatoms. The van der Waals surface area contributed by atoms with E-state index < -0.39 is 0 Å². The van der Waals surface area contributed by atoms with Gasteiger partial charge >= 0.3 is 0 Å². The van der Waals surface area contributed by atoms with Gasteiger partial charge in [-0.15, -0.1) is 0 Å². The quantitative estimate of drug-likeness (QED) is 0.423. The van der Waals surface area contributed by atoms with Crippen LogP contribution >= 0.6 is 0 Å². The third-order valence-corrected chi connectivity index (χ3v) is 3.15. The van der Waals surface area contributed by atoms with E-state index in [0.29, 0.717) is 0 Å². The topological polar surface area (TPSA) is 67.4 Å². The Kier molecular flexibility index (Phi) is 7.08. The molecule has 0 amide bonds. The zero-order valence-corrected chi connectivity index (χ0v) is 13.2. The van der Waals surface area contributed by atoms with Crippen molar-refractivity contribution in [2.75, 3.05) is 19.6 Å². The van der Waals surface area contributed by atoms with Gasteiger partial charge in [0.25, 0.3) is 0 Å². The molecule has 2 aromatic heterocycles. The van der Waals surface area contributed by atoms with Crippen molar-refractivity contribution in [2.45, 2.75) is 32.7 Å². The summed E-state index contributed by atoms with van der Waals surface area (Å²) >= 11 is 0. The molecule has 0 spiro atoms. The molecule has 0 radical (unpaired) electrons. The van der Waals surface area contributed by atoms with Crippen LogP contribution in [0, 0.1) is 0 Å². The normalized spacial score (nSPS) is 11.6. The highest BCUT2D eigenvalue weighted by Crippen LogP contribution is 1.99. The SMILES string of the molecule is CCCN=C(NCCCn1cccn1)NCCc1ccco1. The number of aryl methyl sites for hydroxylation is 1. The fourth-order valence-corrected chi connectivity index (χ4v) is 2.04. The van der Waals surface area contributed by atoms with Gasteiger partial charge in [-0.25, -0.2) is 0 Å². The van der Waals surface area contributed by atoms with Gasteiger partial charge in [0, 0.05) is 45.0 Å². The molecule has 0 aromatic carbocycles. The summed E-state index contributed by atoms with van der Waals surface area (Å²) in [4.78, 5) is 4.54. The molecule has 0 aliphatic heterocycles. The second-order valence-electron chi connectivity index (χ2n) is 5.04. The van der Waals surface area contributed by atoms with Gasteiger partial charge in [-0.05, 0) is 31.0 Å². The van der Waals surface area contributed by atoms with Gasteiger partial charge in [0.15, 0.2) is 5.96 Å². The molecule has 2 aromatic rings. The molecule has 2 N–H and O–H groups in total. The van der Waals surface area contributed by atoms with E-state index in [-0.39, 0.29) is 0 Å². The molecule has 6 nitrogen and oxygen atoms in total. The van der Waals surface area contributed by atoms with Crippen LogP contribution in [-0.2, 0) is 13.0 Å². The minimum absolute atomic E-state index is 0.808. The second-order valence-corrected chi connectivity index (χ2v) is 5.04. The van der Waals surface area contributed by atoms with Gasteiger partial charge < -0.3 is 15.1 Å². The highest BCUT2D eigenvalue weighted by molar-refractivity contribution is 5.79. The summed E-state index contributed by atoms with van der Waals surface area (Å²) in [5, 5.41) is 10.9. The van der Waals surface area contributed by atoms with Crippen LogP contribution in [-0.4, -0.2) is 35.4 Å². The largest absolute Gasteiger partial charge is 0.469 e. The van der Waals surface area contributed by atoms with Crippen molar-refractivity contribution in [2.24, 2.45) is 4.99 Å². The Bertz CT molecular complexity index is 519. The fourth-order valence-electron chi connectivity index (χ4n) is 2.04. The number of hydrogen-bond acceptors (Lipinski definition) is 3. The van der Waals surface area contributed by atoms with Crippen molar-refractivity contribution in [1.29, 1.82) is 0 Å². The molecule has 0 fully saturated rings. The summed E-state index contributed by atoms with van der Waals surface area (Å²) in [7, 11) is 0. The number of nitrogens with one attached hydrogen (secondary N) is 2. The third kappa shape index (κ3) is 6.03. The Hall–Kier alpha value is -2.24. The molecule has 0 unspecified atom stereocenters. The molecule has 22 heavy (non-hydrogen) atoms. The molecule has 0 aliphatic carbocycles. The van der Waals surface area contributed by atoms with Crippen LogP contribution in [0.25, 0.3) is 0 Å². The monoisotopic (exact) mass is 303 g/mol. The van der Waals surface area contributed by atoms with Gasteiger partial charge in [0.2, 0.25) is 0 Å². The number of aromatic nitrogens is 2. The van der Waals surface area contributed by atoms with Crippen LogP contribution in [0.2, 0.25) is 0 Å². The number of nitrogens with zero attached hydrogens (tertiary/aromatic N) is 3. The number of furan rings is 1. The second kappa shape index (κ2) is 9.65. The van der Waals surface area contributed by atoms with Crippen LogP contribution < -0.4 is 10.6 Å². The lowest BCUT2D eigenvalue weighted by Crippen LogP contribution is -2.39. The lowest BCUT2D eigenvalue weighted by atomic mass is 10.3. The van der Waals surface area contributed by atoms with Crippen molar-refractivity contribution in [3.8, 4) is 0 Å². The summed E-state index contributed by atoms with van der Waals surface area (Å²) in [6, 6.07) is 5.84. The predicted octanol–water partition coefficient (Wildman–Crippen LogP) is 2.05. The number of aliphatic imine (C=N–C) groups is 1. The molecule has 0 aliphatic rings. The molecule has 2 rings (SSSR count). The summed E-state index contributed by atoms with van der Waals surface area (Å²) in [5.74, 6) is 1.86. The Morgan fingerprint density at radius 2 is 2.23 bits per heavy atom. The van der Waals surface area contributed by atoms with E-state index in [0.717, 1.165) is 57.2 Å². The predicted molar refractivity (Wildman–Crippen MR) is 87.9 cm³/mol. The summed E-state index contributed by atoms with van der Waals surface area (Å²) in [5.41, 5.74) is 0. The van der Waals surface area contributed by atoms with E-state index in [1.807, 2.05) is 29.1 Å². The zero-order chi connectivity index (χ0) is 15.5. The van der Waals surface area contributed by atoms with Gasteiger partial charge in [0.05, 0.1) is 6.26 Å². The lowest BCUT2D eigenvalue weighted by Gasteiger charge is -2.12. The molecule has 0 saturated carbocycles. The van der Waals surface area contributed by atoms with E-state index >= 15 is 0 Å². The zero-order valence-electron chi connectivity index (χ0n) is 13.2. The third-order valence-electron chi connectivity index (χ3n) is 3.15. The van der Waals surface area contributed by atoms with Crippen molar-refractivity contribution in [3.63, 3.8) is 0 Å². The first-order chi connectivity index (χ1) is 10.9. The molecule has 0 bridgehead atoms. The van der Waals surface area contributed by atoms with Gasteiger partial charge in [-0.1, -0.05) is 6.92 Å². The van der Waals surface area contributed by atoms with Gasteiger partial charge in [0.1, 0.15) is 5.76 Å². The van der Waals surface area contributed by atoms with Crippen LogP contribution in [0.1, 0.15) is 25.5 Å². The van der Waals surface area contributed by atoms with Gasteiger partial charge in [-0.3, -0.25) is 9.67 Å². The summed E-state index contributed by atoms with van der Waals surface area (Å²) < 4.78 is 7.27. The average molecular weight is 303 g/mol. The Morgan fingerprint density at radius 3 is 2.95 bits per heavy atom. The van der Waals surface area contributed by atoms with Gasteiger partial charge in [-0.2, -0.15) is 5.10 Å².